The van der Waals surface area contributed by atoms with Crippen LogP contribution in [0.4, 0.5) is 0 Å². The Morgan fingerprint density at radius 2 is 1.68 bits per heavy atom. The minimum Gasteiger partial charge on any atom is -0.369 e. The summed E-state index contributed by atoms with van der Waals surface area (Å²) >= 11 is 0. The van der Waals surface area contributed by atoms with Crippen LogP contribution >= 0.6 is 0 Å². The van der Waals surface area contributed by atoms with E-state index in [1.807, 2.05) is 6.92 Å². The molecule has 110 valence electrons. The van der Waals surface area contributed by atoms with E-state index in [1.165, 1.54) is 21.5 Å². The molecule has 22 heavy (non-hydrogen) atoms. The van der Waals surface area contributed by atoms with Gasteiger partial charge in [0.25, 0.3) is 0 Å². The molecule has 4 nitrogen and oxygen atoms in total. The standard InChI is InChI=1S/C18H18N4/c1-12(21-22-18(19)20-2)14-9-10-17-15(11-14)8-7-13-5-3-4-6-16(13)17/h3-11H,1-2H3,(H3,19,20,22)/b21-12-. The van der Waals surface area contributed by atoms with Gasteiger partial charge in [-0.05, 0) is 40.1 Å². The lowest BCUT2D eigenvalue weighted by Gasteiger charge is -2.07. The van der Waals surface area contributed by atoms with Gasteiger partial charge in [0, 0.05) is 7.05 Å². The van der Waals surface area contributed by atoms with E-state index in [0.717, 1.165) is 11.3 Å². The highest BCUT2D eigenvalue weighted by Crippen LogP contribution is 2.26. The third-order valence-electron chi connectivity index (χ3n) is 3.74. The molecule has 3 rings (SSSR count). The molecule has 0 aliphatic heterocycles. The second-order valence-corrected chi connectivity index (χ2v) is 5.14. The highest BCUT2D eigenvalue weighted by Gasteiger charge is 2.03. The fraction of sp³-hybridized carbons (Fsp3) is 0.111. The van der Waals surface area contributed by atoms with Gasteiger partial charge in [0.2, 0.25) is 5.96 Å². The van der Waals surface area contributed by atoms with Crippen LogP contribution in [0, 0.1) is 0 Å². The van der Waals surface area contributed by atoms with Crippen LogP contribution in [0.2, 0.25) is 0 Å². The van der Waals surface area contributed by atoms with Gasteiger partial charge < -0.3 is 5.73 Å². The number of hydrogen-bond donors (Lipinski definition) is 2. The molecule has 0 spiro atoms. The highest BCUT2D eigenvalue weighted by molar-refractivity contribution is 6.10. The first-order valence-corrected chi connectivity index (χ1v) is 7.13. The van der Waals surface area contributed by atoms with Crippen LogP contribution < -0.4 is 11.2 Å². The highest BCUT2D eigenvalue weighted by atomic mass is 15.4. The van der Waals surface area contributed by atoms with Gasteiger partial charge >= 0.3 is 0 Å². The average molecular weight is 290 g/mol. The summed E-state index contributed by atoms with van der Waals surface area (Å²) in [5.41, 5.74) is 10.2. The molecule has 3 aromatic rings. The van der Waals surface area contributed by atoms with E-state index in [1.54, 1.807) is 7.05 Å². The van der Waals surface area contributed by atoms with Crippen molar-refractivity contribution >= 4 is 33.2 Å². The summed E-state index contributed by atoms with van der Waals surface area (Å²) in [6, 6.07) is 19.1. The summed E-state index contributed by atoms with van der Waals surface area (Å²) in [5, 5.41) is 9.21. The van der Waals surface area contributed by atoms with E-state index < -0.39 is 0 Å². The second kappa shape index (κ2) is 5.85. The van der Waals surface area contributed by atoms with Gasteiger partial charge in [-0.2, -0.15) is 5.10 Å². The number of nitrogens with zero attached hydrogens (tertiary/aromatic N) is 2. The van der Waals surface area contributed by atoms with Crippen molar-refractivity contribution in [3.63, 3.8) is 0 Å². The molecule has 0 atom stereocenters. The van der Waals surface area contributed by atoms with Gasteiger partial charge in [-0.25, -0.2) is 5.43 Å². The SMILES string of the molecule is CN=C(N)N/N=C(/C)c1ccc2c(ccc3ccccc32)c1. The van der Waals surface area contributed by atoms with Crippen LogP contribution in [0.1, 0.15) is 12.5 Å². The van der Waals surface area contributed by atoms with Crippen molar-refractivity contribution in [2.45, 2.75) is 6.92 Å². The zero-order valence-corrected chi connectivity index (χ0v) is 12.7. The molecular formula is C18H18N4. The largest absolute Gasteiger partial charge is 0.369 e. The molecule has 0 fully saturated rings. The number of nitrogens with two attached hydrogens (primary N) is 1. The second-order valence-electron chi connectivity index (χ2n) is 5.14. The molecule has 3 N–H and O–H groups in total. The van der Waals surface area contributed by atoms with Crippen LogP contribution in [0.5, 0.6) is 0 Å². The quantitative estimate of drug-likeness (QED) is 0.329. The molecule has 0 amide bonds. The van der Waals surface area contributed by atoms with Crippen molar-refractivity contribution in [2.24, 2.45) is 15.8 Å². The Hall–Kier alpha value is -2.88. The molecule has 0 heterocycles. The summed E-state index contributed by atoms with van der Waals surface area (Å²) in [7, 11) is 1.62. The number of hydrogen-bond acceptors (Lipinski definition) is 2. The van der Waals surface area contributed by atoms with Crippen molar-refractivity contribution in [3.8, 4) is 0 Å². The lowest BCUT2D eigenvalue weighted by molar-refractivity contribution is 0.997. The van der Waals surface area contributed by atoms with Crippen LogP contribution in [0.25, 0.3) is 21.5 Å². The fourth-order valence-corrected chi connectivity index (χ4v) is 2.49. The maximum atomic E-state index is 5.58. The van der Waals surface area contributed by atoms with Crippen LogP contribution in [-0.4, -0.2) is 18.7 Å². The van der Waals surface area contributed by atoms with E-state index in [2.05, 4.69) is 70.1 Å². The number of aliphatic imine (C=N–C) groups is 1. The normalized spacial score (nSPS) is 12.8. The summed E-state index contributed by atoms with van der Waals surface area (Å²) in [6.45, 7) is 1.94. The summed E-state index contributed by atoms with van der Waals surface area (Å²) in [5.74, 6) is 0.297. The molecule has 0 saturated carbocycles. The molecule has 0 radical (unpaired) electrons. The van der Waals surface area contributed by atoms with Crippen molar-refractivity contribution in [2.75, 3.05) is 7.05 Å². The molecule has 0 aromatic heterocycles. The van der Waals surface area contributed by atoms with Gasteiger partial charge in [-0.3, -0.25) is 4.99 Å². The first-order chi connectivity index (χ1) is 10.7. The van der Waals surface area contributed by atoms with Crippen LogP contribution in [-0.2, 0) is 0 Å². The molecule has 0 unspecified atom stereocenters. The minimum absolute atomic E-state index is 0.297. The van der Waals surface area contributed by atoms with Crippen molar-refractivity contribution < 1.29 is 0 Å². The Morgan fingerprint density at radius 1 is 0.955 bits per heavy atom. The van der Waals surface area contributed by atoms with E-state index in [-0.39, 0.29) is 0 Å². The zero-order chi connectivity index (χ0) is 15.5. The summed E-state index contributed by atoms with van der Waals surface area (Å²) < 4.78 is 0. The van der Waals surface area contributed by atoms with E-state index in [9.17, 15) is 0 Å². The smallest absolute Gasteiger partial charge is 0.209 e. The van der Waals surface area contributed by atoms with Crippen molar-refractivity contribution in [1.82, 2.24) is 5.43 Å². The predicted molar refractivity (Wildman–Crippen MR) is 94.3 cm³/mol. The van der Waals surface area contributed by atoms with Gasteiger partial charge in [0.15, 0.2) is 0 Å². The monoisotopic (exact) mass is 290 g/mol. The predicted octanol–water partition coefficient (Wildman–Crippen LogP) is 3.25. The van der Waals surface area contributed by atoms with E-state index >= 15 is 0 Å². The Kier molecular flexibility index (Phi) is 3.74. The van der Waals surface area contributed by atoms with Crippen molar-refractivity contribution in [3.05, 3.63) is 60.2 Å². The zero-order valence-electron chi connectivity index (χ0n) is 12.7. The fourth-order valence-electron chi connectivity index (χ4n) is 2.49. The van der Waals surface area contributed by atoms with Gasteiger partial charge in [-0.1, -0.05) is 48.5 Å². The first-order valence-electron chi connectivity index (χ1n) is 7.13. The minimum atomic E-state index is 0.297. The number of nitrogens with one attached hydrogen (secondary N) is 1. The van der Waals surface area contributed by atoms with E-state index in [4.69, 9.17) is 5.73 Å². The molecular weight excluding hydrogens is 272 g/mol. The number of rotatable bonds is 2. The lowest BCUT2D eigenvalue weighted by atomic mass is 9.99. The maximum Gasteiger partial charge on any atom is 0.209 e. The number of hydrazone groups is 1. The molecule has 0 aliphatic carbocycles. The number of guanidine groups is 1. The third-order valence-corrected chi connectivity index (χ3v) is 3.74. The molecule has 3 aromatic carbocycles. The molecule has 4 heteroatoms. The summed E-state index contributed by atoms with van der Waals surface area (Å²) in [4.78, 5) is 3.81. The van der Waals surface area contributed by atoms with Crippen LogP contribution in [0.3, 0.4) is 0 Å². The van der Waals surface area contributed by atoms with Gasteiger partial charge in [0.05, 0.1) is 5.71 Å². The van der Waals surface area contributed by atoms with Gasteiger partial charge in [0.1, 0.15) is 0 Å². The lowest BCUT2D eigenvalue weighted by Crippen LogP contribution is -2.27. The third kappa shape index (κ3) is 2.63. The summed E-state index contributed by atoms with van der Waals surface area (Å²) in [6.07, 6.45) is 0. The molecule has 0 saturated heterocycles. The topological polar surface area (TPSA) is 62.8 Å². The Morgan fingerprint density at radius 3 is 2.50 bits per heavy atom. The van der Waals surface area contributed by atoms with Crippen molar-refractivity contribution in [1.29, 1.82) is 0 Å². The Labute approximate surface area is 129 Å². The Balaban J connectivity index is 2.05. The molecule has 0 bridgehead atoms. The van der Waals surface area contributed by atoms with Crippen LogP contribution in [0.15, 0.2) is 64.7 Å². The average Bonchev–Trinajstić information content (AvgIpc) is 2.58. The number of benzene rings is 3. The van der Waals surface area contributed by atoms with E-state index in [0.29, 0.717) is 5.96 Å². The first kappa shape index (κ1) is 14.1. The number of fused-ring (bicyclic) bond motifs is 3. The van der Waals surface area contributed by atoms with Gasteiger partial charge in [-0.15, -0.1) is 0 Å². The Bertz CT molecular complexity index is 894. The maximum absolute atomic E-state index is 5.58. The molecule has 0 aliphatic rings.